The largest absolute Gasteiger partial charge is 0.496 e. The van der Waals surface area contributed by atoms with E-state index in [-0.39, 0.29) is 36.1 Å². The Morgan fingerprint density at radius 2 is 2.20 bits per heavy atom. The number of ether oxygens (including phenoxy) is 1. The van der Waals surface area contributed by atoms with Gasteiger partial charge in [0.25, 0.3) is 5.69 Å². The SMILES string of the molecule is COc1ccc(NC(=O)CCN2CCC(C(=O)O)C2)c([N+](=O)[O-])c1.Cl. The van der Waals surface area contributed by atoms with E-state index in [1.807, 2.05) is 4.90 Å². The molecule has 2 rings (SSSR count). The first-order chi connectivity index (χ1) is 11.4. The van der Waals surface area contributed by atoms with Crippen molar-refractivity contribution in [2.75, 3.05) is 32.1 Å². The molecule has 0 saturated carbocycles. The summed E-state index contributed by atoms with van der Waals surface area (Å²) in [6.07, 6.45) is 0.705. The Bertz CT molecular complexity index is 654. The number of hydrogen-bond donors (Lipinski definition) is 2. The van der Waals surface area contributed by atoms with Gasteiger partial charge in [-0.05, 0) is 25.1 Å². The van der Waals surface area contributed by atoms with Crippen LogP contribution in [0.3, 0.4) is 0 Å². The zero-order chi connectivity index (χ0) is 17.7. The molecule has 1 aromatic rings. The van der Waals surface area contributed by atoms with Gasteiger partial charge in [-0.15, -0.1) is 12.4 Å². The predicted molar refractivity (Wildman–Crippen MR) is 92.3 cm³/mol. The second-order valence-corrected chi connectivity index (χ2v) is 5.56. The van der Waals surface area contributed by atoms with Crippen LogP contribution in [0.4, 0.5) is 11.4 Å². The molecule has 10 heteroatoms. The number of carboxylic acid groups (broad SMARTS) is 1. The monoisotopic (exact) mass is 373 g/mol. The van der Waals surface area contributed by atoms with E-state index >= 15 is 0 Å². The van der Waals surface area contributed by atoms with Gasteiger partial charge in [0, 0.05) is 19.5 Å². The Morgan fingerprint density at radius 3 is 2.76 bits per heavy atom. The van der Waals surface area contributed by atoms with Crippen LogP contribution in [0.1, 0.15) is 12.8 Å². The average molecular weight is 374 g/mol. The van der Waals surface area contributed by atoms with E-state index in [9.17, 15) is 19.7 Å². The minimum Gasteiger partial charge on any atom is -0.496 e. The van der Waals surface area contributed by atoms with Crippen molar-refractivity contribution in [3.63, 3.8) is 0 Å². The molecular formula is C15H20ClN3O6. The molecular weight excluding hydrogens is 354 g/mol. The fraction of sp³-hybridized carbons (Fsp3) is 0.467. The molecule has 0 aliphatic carbocycles. The second kappa shape index (κ2) is 9.19. The first-order valence-electron chi connectivity index (χ1n) is 7.48. The fourth-order valence-electron chi connectivity index (χ4n) is 2.60. The van der Waals surface area contributed by atoms with Crippen molar-refractivity contribution in [1.82, 2.24) is 4.90 Å². The van der Waals surface area contributed by atoms with Gasteiger partial charge in [-0.2, -0.15) is 0 Å². The number of aliphatic carboxylic acids is 1. The Hall–Kier alpha value is -2.39. The molecule has 25 heavy (non-hydrogen) atoms. The van der Waals surface area contributed by atoms with Crippen LogP contribution in [0, 0.1) is 16.0 Å². The van der Waals surface area contributed by atoms with Gasteiger partial charge < -0.3 is 20.1 Å². The lowest BCUT2D eigenvalue weighted by Crippen LogP contribution is -2.27. The summed E-state index contributed by atoms with van der Waals surface area (Å²) in [5.41, 5.74) is -0.134. The molecule has 1 heterocycles. The minimum absolute atomic E-state index is 0. The number of methoxy groups -OCH3 is 1. The van der Waals surface area contributed by atoms with Crippen molar-refractivity contribution in [2.24, 2.45) is 5.92 Å². The van der Waals surface area contributed by atoms with Crippen molar-refractivity contribution in [2.45, 2.75) is 12.8 Å². The van der Waals surface area contributed by atoms with Crippen LogP contribution in [0.15, 0.2) is 18.2 Å². The summed E-state index contributed by atoms with van der Waals surface area (Å²) in [6, 6.07) is 4.19. The smallest absolute Gasteiger partial charge is 0.307 e. The number of anilines is 1. The number of benzene rings is 1. The highest BCUT2D eigenvalue weighted by Crippen LogP contribution is 2.29. The number of carboxylic acids is 1. The standard InChI is InChI=1S/C15H19N3O6.ClH/c1-24-11-2-3-12(13(8-11)18(22)23)16-14(19)5-7-17-6-4-10(9-17)15(20)21;/h2-3,8,10H,4-7,9H2,1H3,(H,16,19)(H,20,21);1H. The van der Waals surface area contributed by atoms with Crippen molar-refractivity contribution in [3.05, 3.63) is 28.3 Å². The van der Waals surface area contributed by atoms with Crippen LogP contribution in [0.2, 0.25) is 0 Å². The normalized spacial score (nSPS) is 16.8. The van der Waals surface area contributed by atoms with Crippen molar-refractivity contribution < 1.29 is 24.4 Å². The number of carbonyl (C=O) groups is 2. The van der Waals surface area contributed by atoms with Crippen LogP contribution in [-0.2, 0) is 9.59 Å². The van der Waals surface area contributed by atoms with E-state index in [4.69, 9.17) is 9.84 Å². The molecule has 1 atom stereocenters. The van der Waals surface area contributed by atoms with Gasteiger partial charge in [0.05, 0.1) is 24.0 Å². The molecule has 9 nitrogen and oxygen atoms in total. The number of nitro groups is 1. The van der Waals surface area contributed by atoms with Crippen LogP contribution >= 0.6 is 12.4 Å². The van der Waals surface area contributed by atoms with Crippen molar-refractivity contribution in [3.8, 4) is 5.75 Å². The Morgan fingerprint density at radius 1 is 1.48 bits per heavy atom. The maximum Gasteiger partial charge on any atom is 0.307 e. The molecule has 1 unspecified atom stereocenters. The highest BCUT2D eigenvalue weighted by Gasteiger charge is 2.28. The molecule has 1 aliphatic heterocycles. The minimum atomic E-state index is -0.823. The first kappa shape index (κ1) is 20.7. The highest BCUT2D eigenvalue weighted by atomic mass is 35.5. The van der Waals surface area contributed by atoms with Gasteiger partial charge in [-0.1, -0.05) is 0 Å². The number of likely N-dealkylation sites (tertiary alicyclic amines) is 1. The molecule has 138 valence electrons. The highest BCUT2D eigenvalue weighted by molar-refractivity contribution is 5.93. The molecule has 1 fully saturated rings. The van der Waals surface area contributed by atoms with Crippen molar-refractivity contribution >= 4 is 35.7 Å². The number of hydrogen-bond acceptors (Lipinski definition) is 6. The maximum atomic E-state index is 12.0. The van der Waals surface area contributed by atoms with E-state index in [1.54, 1.807) is 0 Å². The number of nitro benzene ring substituents is 1. The predicted octanol–water partition coefficient (Wildman–Crippen LogP) is 1.76. The third-order valence-electron chi connectivity index (χ3n) is 3.95. The number of halogens is 1. The lowest BCUT2D eigenvalue weighted by Gasteiger charge is -2.14. The summed E-state index contributed by atoms with van der Waals surface area (Å²) >= 11 is 0. The second-order valence-electron chi connectivity index (χ2n) is 5.56. The molecule has 2 N–H and O–H groups in total. The average Bonchev–Trinajstić information content (AvgIpc) is 3.02. The summed E-state index contributed by atoms with van der Waals surface area (Å²) in [5, 5.41) is 22.5. The Labute approximate surface area is 150 Å². The molecule has 0 radical (unpaired) electrons. The molecule has 1 saturated heterocycles. The number of rotatable bonds is 7. The summed E-state index contributed by atoms with van der Waals surface area (Å²) < 4.78 is 4.94. The summed E-state index contributed by atoms with van der Waals surface area (Å²) in [5.74, 6) is -1.25. The number of amides is 1. The van der Waals surface area contributed by atoms with E-state index in [0.717, 1.165) is 0 Å². The quantitative estimate of drug-likeness (QED) is 0.551. The van der Waals surface area contributed by atoms with Gasteiger partial charge >= 0.3 is 5.97 Å². The Kier molecular flexibility index (Phi) is 7.59. The number of nitrogens with zero attached hydrogens (tertiary/aromatic N) is 2. The lowest BCUT2D eigenvalue weighted by molar-refractivity contribution is -0.384. The zero-order valence-electron chi connectivity index (χ0n) is 13.6. The van der Waals surface area contributed by atoms with Gasteiger partial charge in [0.15, 0.2) is 0 Å². The van der Waals surface area contributed by atoms with Crippen LogP contribution in [0.5, 0.6) is 5.75 Å². The molecule has 0 bridgehead atoms. The third kappa shape index (κ3) is 5.57. The van der Waals surface area contributed by atoms with Gasteiger partial charge in [0.2, 0.25) is 5.91 Å². The van der Waals surface area contributed by atoms with Gasteiger partial charge in [0.1, 0.15) is 11.4 Å². The van der Waals surface area contributed by atoms with E-state index in [1.165, 1.54) is 25.3 Å². The van der Waals surface area contributed by atoms with Crippen LogP contribution in [0.25, 0.3) is 0 Å². The lowest BCUT2D eigenvalue weighted by atomic mass is 10.1. The van der Waals surface area contributed by atoms with E-state index in [0.29, 0.717) is 31.8 Å². The Balaban J connectivity index is 0.00000312. The summed E-state index contributed by atoms with van der Waals surface area (Å²) in [4.78, 5) is 35.3. The van der Waals surface area contributed by atoms with Crippen LogP contribution in [-0.4, -0.2) is 53.6 Å². The fourth-order valence-corrected chi connectivity index (χ4v) is 2.60. The molecule has 0 spiro atoms. The third-order valence-corrected chi connectivity index (χ3v) is 3.95. The van der Waals surface area contributed by atoms with Crippen LogP contribution < -0.4 is 10.1 Å². The number of nitrogens with one attached hydrogen (secondary N) is 1. The van der Waals surface area contributed by atoms with Gasteiger partial charge in [-0.25, -0.2) is 0 Å². The summed E-state index contributed by atoms with van der Waals surface area (Å²) in [7, 11) is 1.40. The zero-order valence-corrected chi connectivity index (χ0v) is 14.5. The molecule has 1 amide bonds. The topological polar surface area (TPSA) is 122 Å². The maximum absolute atomic E-state index is 12.0. The van der Waals surface area contributed by atoms with E-state index < -0.39 is 16.8 Å². The first-order valence-corrected chi connectivity index (χ1v) is 7.48. The molecule has 1 aromatic carbocycles. The molecule has 0 aromatic heterocycles. The van der Waals surface area contributed by atoms with Gasteiger partial charge in [-0.3, -0.25) is 19.7 Å². The molecule has 1 aliphatic rings. The summed E-state index contributed by atoms with van der Waals surface area (Å²) in [6.45, 7) is 1.47. The number of carbonyl (C=O) groups excluding carboxylic acids is 1. The van der Waals surface area contributed by atoms with Crippen molar-refractivity contribution in [1.29, 1.82) is 0 Å². The van der Waals surface area contributed by atoms with E-state index in [2.05, 4.69) is 5.32 Å².